The quantitative estimate of drug-likeness (QED) is 0.112. The summed E-state index contributed by atoms with van der Waals surface area (Å²) in [5.41, 5.74) is 31.5. The Morgan fingerprint density at radius 2 is 0.725 bits per heavy atom. The molecule has 6 aromatic carbocycles. The number of hydrogen-bond acceptors (Lipinski definition) is 2. The van der Waals surface area contributed by atoms with E-state index in [4.69, 9.17) is 9.97 Å². The third kappa shape index (κ3) is 9.09. The number of rotatable bonds is 8. The van der Waals surface area contributed by atoms with Gasteiger partial charge >= 0.3 is 21.1 Å². The van der Waals surface area contributed by atoms with E-state index in [-0.39, 0.29) is 34.5 Å². The molecule has 0 radical (unpaired) electrons. The summed E-state index contributed by atoms with van der Waals surface area (Å²) < 4.78 is 0. The fourth-order valence-electron chi connectivity index (χ4n) is 12.0. The predicted molar refractivity (Wildman–Crippen MR) is 295 cm³/mol. The maximum Gasteiger partial charge on any atom is 2.00 e. The number of nitrogens with zero attached hydrogens (tertiary/aromatic N) is 2. The summed E-state index contributed by atoms with van der Waals surface area (Å²) in [5, 5.41) is 0. The molecule has 0 saturated carbocycles. The van der Waals surface area contributed by atoms with Gasteiger partial charge in [-0.2, -0.15) is 0 Å². The Hall–Kier alpha value is -5.56. The van der Waals surface area contributed by atoms with Crippen molar-refractivity contribution in [3.63, 3.8) is 0 Å². The summed E-state index contributed by atoms with van der Waals surface area (Å²) in [6.07, 6.45) is 3.83. The second-order valence-electron chi connectivity index (χ2n) is 21.1. The van der Waals surface area contributed by atoms with Crippen molar-refractivity contribution in [2.75, 3.05) is 0 Å². The van der Waals surface area contributed by atoms with E-state index >= 15 is 0 Å². The Morgan fingerprint density at radius 1 is 0.406 bits per heavy atom. The molecule has 0 spiro atoms. The number of hydrogen-bond donors (Lipinski definition) is 0. The molecule has 0 fully saturated rings. The van der Waals surface area contributed by atoms with Crippen LogP contribution in [0.1, 0.15) is 135 Å². The molecule has 0 unspecified atom stereocenters. The van der Waals surface area contributed by atoms with Crippen molar-refractivity contribution in [2.45, 2.75) is 121 Å². The van der Waals surface area contributed by atoms with Crippen LogP contribution in [-0.4, -0.2) is 23.4 Å². The minimum Gasteiger partial charge on any atom is -0.305 e. The molecule has 2 nitrogen and oxygen atoms in total. The molecule has 348 valence electrons. The number of fused-ring (bicyclic) bond motifs is 6. The second-order valence-corrected chi connectivity index (χ2v) is 21.1. The monoisotopic (exact) mass is 1080 g/mol. The van der Waals surface area contributed by atoms with Crippen LogP contribution in [0.2, 0.25) is 0 Å². The molecule has 0 saturated heterocycles. The second kappa shape index (κ2) is 20.0. The Kier molecular flexibility index (Phi) is 14.5. The van der Waals surface area contributed by atoms with Crippen molar-refractivity contribution < 1.29 is 21.1 Å². The summed E-state index contributed by atoms with van der Waals surface area (Å²) >= 11 is 0. The van der Waals surface area contributed by atoms with Crippen LogP contribution in [-0.2, 0) is 21.1 Å². The van der Waals surface area contributed by atoms with Gasteiger partial charge in [-0.3, -0.25) is 0 Å². The first-order chi connectivity index (χ1) is 32.5. The first kappa shape index (κ1) is 49.8. The van der Waals surface area contributed by atoms with Crippen molar-refractivity contribution in [3.8, 4) is 44.8 Å². The minimum absolute atomic E-state index is 0. The van der Waals surface area contributed by atoms with Crippen LogP contribution < -0.4 is 32.8 Å². The molecule has 2 aliphatic heterocycles. The van der Waals surface area contributed by atoms with Crippen molar-refractivity contribution in [2.24, 2.45) is 0 Å². The van der Waals surface area contributed by atoms with Gasteiger partial charge < -0.3 is 9.97 Å². The Morgan fingerprint density at radius 3 is 1.03 bits per heavy atom. The average molecular weight is 1080 g/mol. The molecule has 2 aliphatic rings. The number of pyridine rings is 2. The van der Waals surface area contributed by atoms with Crippen LogP contribution in [0.4, 0.5) is 0 Å². The van der Waals surface area contributed by atoms with Crippen LogP contribution in [0.15, 0.2) is 122 Å². The molecule has 8 aromatic rings. The molecule has 5 heteroatoms. The van der Waals surface area contributed by atoms with Crippen LogP contribution in [0.25, 0.3) is 44.8 Å². The fourth-order valence-corrected chi connectivity index (χ4v) is 12.0. The van der Waals surface area contributed by atoms with Gasteiger partial charge in [-0.1, -0.05) is 228 Å². The third-order valence-corrected chi connectivity index (χ3v) is 14.7. The van der Waals surface area contributed by atoms with E-state index in [9.17, 15) is 0 Å². The van der Waals surface area contributed by atoms with Gasteiger partial charge in [0.25, 0.3) is 0 Å². The van der Waals surface area contributed by atoms with E-state index in [1.54, 1.807) is 0 Å². The van der Waals surface area contributed by atoms with E-state index in [0.29, 0.717) is 23.7 Å². The first-order valence-electron chi connectivity index (χ1n) is 25.0. The van der Waals surface area contributed by atoms with Crippen LogP contribution >= 0.6 is 0 Å². The molecule has 4 heterocycles. The molecular formula is C64H66B2N2Pt. The first-order valence-corrected chi connectivity index (χ1v) is 25.0. The third-order valence-electron chi connectivity index (χ3n) is 14.7. The summed E-state index contributed by atoms with van der Waals surface area (Å²) in [6.45, 7) is 32.1. The summed E-state index contributed by atoms with van der Waals surface area (Å²) in [7, 11) is 0. The molecule has 2 aromatic heterocycles. The van der Waals surface area contributed by atoms with Crippen molar-refractivity contribution in [1.82, 2.24) is 9.97 Å². The van der Waals surface area contributed by atoms with Crippen molar-refractivity contribution in [3.05, 3.63) is 189 Å². The van der Waals surface area contributed by atoms with Gasteiger partial charge in [0.05, 0.1) is 0 Å². The predicted octanol–water partition coefficient (Wildman–Crippen LogP) is 12.4. The minimum atomic E-state index is 0. The molecule has 0 amide bonds. The summed E-state index contributed by atoms with van der Waals surface area (Å²) in [5.74, 6) is 1.80. The van der Waals surface area contributed by atoms with Gasteiger partial charge in [0.15, 0.2) is 13.4 Å². The van der Waals surface area contributed by atoms with Gasteiger partial charge in [-0.05, 0) is 88.7 Å². The maximum atomic E-state index is 4.84. The number of aromatic nitrogens is 2. The van der Waals surface area contributed by atoms with Crippen molar-refractivity contribution >= 4 is 46.2 Å². The van der Waals surface area contributed by atoms with Gasteiger partial charge in [0.2, 0.25) is 0 Å². The summed E-state index contributed by atoms with van der Waals surface area (Å²) in [6, 6.07) is 48.1. The zero-order valence-electron chi connectivity index (χ0n) is 43.2. The molecule has 0 aliphatic carbocycles. The zero-order valence-corrected chi connectivity index (χ0v) is 45.5. The molecule has 69 heavy (non-hydrogen) atoms. The summed E-state index contributed by atoms with van der Waals surface area (Å²) in [4.78, 5) is 9.69. The van der Waals surface area contributed by atoms with Gasteiger partial charge in [-0.15, -0.1) is 58.5 Å². The van der Waals surface area contributed by atoms with Crippen LogP contribution in [0, 0.1) is 53.7 Å². The SMILES string of the molecule is Cc1cc(C)c(-c2c[c-]c3c(c2)B(c2c(C(C)C)cccc2C(C)C)c2cccnc2-3)c(C)c1.Cc1cc(C)c(-c2c[c-]c3c(c2)B(c2c(C(C)C)cccc2C(C)C)c2cccnc2-3)c(C)c1.[Pt+2]. The molecule has 0 bridgehead atoms. The van der Waals surface area contributed by atoms with Crippen molar-refractivity contribution in [1.29, 1.82) is 0 Å². The van der Waals surface area contributed by atoms with Gasteiger partial charge in [0, 0.05) is 12.4 Å². The van der Waals surface area contributed by atoms with E-state index in [2.05, 4.69) is 218 Å². The van der Waals surface area contributed by atoms with E-state index < -0.39 is 0 Å². The number of aryl methyl sites for hydroxylation is 6. The van der Waals surface area contributed by atoms with Crippen LogP contribution in [0.5, 0.6) is 0 Å². The van der Waals surface area contributed by atoms with Gasteiger partial charge in [0.1, 0.15) is 0 Å². The molecule has 0 atom stereocenters. The standard InChI is InChI=1S/2C32H33BN.Pt/c2*1-19(2)25-10-8-11-26(20(3)4)31(25)33-28-12-9-15-34-32(28)27-14-13-24(18-29(27)33)30-22(6)16-21(5)17-23(30)7;/h2*8-13,15-20H,1-7H3;/q2*-1;+2. The average Bonchev–Trinajstić information content (AvgIpc) is 3.79. The zero-order chi connectivity index (χ0) is 48.3. The van der Waals surface area contributed by atoms with E-state index in [1.807, 2.05) is 12.4 Å². The van der Waals surface area contributed by atoms with E-state index in [1.165, 1.54) is 111 Å². The maximum absolute atomic E-state index is 4.84. The Bertz CT molecular complexity index is 2920. The molecular weight excluding hydrogens is 1010 g/mol. The fraction of sp³-hybridized carbons (Fsp3) is 0.281. The Labute approximate surface area is 429 Å². The normalized spacial score (nSPS) is 12.3. The molecule has 10 rings (SSSR count). The smallest absolute Gasteiger partial charge is 0.305 e. The largest absolute Gasteiger partial charge is 2.00 e. The van der Waals surface area contributed by atoms with Crippen LogP contribution in [0.3, 0.4) is 0 Å². The number of benzene rings is 6. The molecule has 0 N–H and O–H groups in total. The van der Waals surface area contributed by atoms with E-state index in [0.717, 1.165) is 22.5 Å². The topological polar surface area (TPSA) is 25.8 Å². The Balaban J connectivity index is 0.000000183. The van der Waals surface area contributed by atoms with Gasteiger partial charge in [-0.25, -0.2) is 0 Å².